The van der Waals surface area contributed by atoms with Crippen molar-refractivity contribution < 1.29 is 17.9 Å². The van der Waals surface area contributed by atoms with Crippen LogP contribution in [-0.2, 0) is 10.2 Å². The van der Waals surface area contributed by atoms with E-state index in [1.54, 1.807) is 14.2 Å². The summed E-state index contributed by atoms with van der Waals surface area (Å²) in [5, 5.41) is 0. The van der Waals surface area contributed by atoms with Crippen molar-refractivity contribution >= 4 is 10.2 Å². The molecule has 8 heteroatoms. The highest BCUT2D eigenvalue weighted by Crippen LogP contribution is 2.31. The van der Waals surface area contributed by atoms with E-state index in [0.717, 1.165) is 31.2 Å². The van der Waals surface area contributed by atoms with Gasteiger partial charge < -0.3 is 14.4 Å². The minimum atomic E-state index is -3.51. The molecule has 0 heterocycles. The average molecular weight is 372 g/mol. The fourth-order valence-corrected chi connectivity index (χ4v) is 4.29. The number of nitrogens with zero attached hydrogens (tertiary/aromatic N) is 1. The van der Waals surface area contributed by atoms with Crippen molar-refractivity contribution in [2.75, 3.05) is 34.9 Å². The van der Waals surface area contributed by atoms with Gasteiger partial charge in [-0.25, -0.2) is 4.72 Å². The predicted molar refractivity (Wildman–Crippen MR) is 98.3 cm³/mol. The summed E-state index contributed by atoms with van der Waals surface area (Å²) in [5.41, 5.74) is 0.950. The fraction of sp³-hybridized carbons (Fsp3) is 0.647. The normalized spacial score (nSPS) is 17.0. The van der Waals surface area contributed by atoms with Crippen LogP contribution in [0.4, 0.5) is 0 Å². The Morgan fingerprint density at radius 2 is 1.80 bits per heavy atom. The van der Waals surface area contributed by atoms with Gasteiger partial charge in [0.15, 0.2) is 11.5 Å². The lowest BCUT2D eigenvalue weighted by Gasteiger charge is -2.26. The van der Waals surface area contributed by atoms with Crippen LogP contribution < -0.4 is 18.9 Å². The first-order valence-electron chi connectivity index (χ1n) is 8.51. The molecule has 1 unspecified atom stereocenters. The van der Waals surface area contributed by atoms with E-state index in [4.69, 9.17) is 9.47 Å². The van der Waals surface area contributed by atoms with E-state index >= 15 is 0 Å². The zero-order valence-electron chi connectivity index (χ0n) is 15.4. The third-order valence-electron chi connectivity index (χ3n) is 4.56. The molecule has 25 heavy (non-hydrogen) atoms. The van der Waals surface area contributed by atoms with Crippen molar-refractivity contribution in [1.29, 1.82) is 0 Å². The minimum Gasteiger partial charge on any atom is -0.493 e. The Morgan fingerprint density at radius 3 is 2.36 bits per heavy atom. The summed E-state index contributed by atoms with van der Waals surface area (Å²) >= 11 is 0. The summed E-state index contributed by atoms with van der Waals surface area (Å²) in [6.45, 7) is 0.268. The van der Waals surface area contributed by atoms with E-state index < -0.39 is 10.2 Å². The highest BCUT2D eigenvalue weighted by molar-refractivity contribution is 7.87. The molecule has 0 saturated heterocycles. The number of benzene rings is 1. The lowest BCUT2D eigenvalue weighted by molar-refractivity contribution is 0.296. The summed E-state index contributed by atoms with van der Waals surface area (Å²) in [5.74, 6) is 1.27. The highest BCUT2D eigenvalue weighted by atomic mass is 32.2. The van der Waals surface area contributed by atoms with Gasteiger partial charge in [-0.1, -0.05) is 18.9 Å². The number of ether oxygens (including phenoxy) is 2. The molecule has 0 spiro atoms. The standard InChI is InChI=1S/C17H29N3O4S/c1-20(2)15(13-9-10-16(23-3)17(11-13)24-4)12-18-25(21,22)19-14-7-5-6-8-14/h9-11,14-15,18-19H,5-8,12H2,1-4H3. The van der Waals surface area contributed by atoms with E-state index in [2.05, 4.69) is 9.44 Å². The predicted octanol–water partition coefficient (Wildman–Crippen LogP) is 1.67. The van der Waals surface area contributed by atoms with Crippen LogP contribution in [0.25, 0.3) is 0 Å². The smallest absolute Gasteiger partial charge is 0.277 e. The van der Waals surface area contributed by atoms with Crippen LogP contribution in [-0.4, -0.2) is 54.2 Å². The van der Waals surface area contributed by atoms with Gasteiger partial charge in [-0.2, -0.15) is 13.1 Å². The SMILES string of the molecule is COc1ccc(C(CNS(=O)(=O)NC2CCCC2)N(C)C)cc1OC. The molecular weight excluding hydrogens is 342 g/mol. The van der Waals surface area contributed by atoms with Gasteiger partial charge in [-0.3, -0.25) is 0 Å². The molecule has 2 N–H and O–H groups in total. The molecule has 0 amide bonds. The summed E-state index contributed by atoms with van der Waals surface area (Å²) in [6.07, 6.45) is 3.99. The Bertz CT molecular complexity index is 658. The van der Waals surface area contributed by atoms with Crippen LogP contribution in [0.15, 0.2) is 18.2 Å². The van der Waals surface area contributed by atoms with Gasteiger partial charge in [-0.05, 0) is 44.6 Å². The lowest BCUT2D eigenvalue weighted by Crippen LogP contribution is -2.44. The van der Waals surface area contributed by atoms with Crippen molar-refractivity contribution in [2.45, 2.75) is 37.8 Å². The van der Waals surface area contributed by atoms with Crippen molar-refractivity contribution in [1.82, 2.24) is 14.3 Å². The zero-order valence-corrected chi connectivity index (χ0v) is 16.2. The van der Waals surface area contributed by atoms with E-state index in [-0.39, 0.29) is 18.6 Å². The summed E-state index contributed by atoms with van der Waals surface area (Å²) in [6, 6.07) is 5.56. The van der Waals surface area contributed by atoms with Crippen molar-refractivity contribution in [3.63, 3.8) is 0 Å². The largest absolute Gasteiger partial charge is 0.493 e. The van der Waals surface area contributed by atoms with Crippen molar-refractivity contribution in [3.8, 4) is 11.5 Å². The van der Waals surface area contributed by atoms with Gasteiger partial charge in [0, 0.05) is 18.6 Å². The molecule has 1 fully saturated rings. The molecule has 0 bridgehead atoms. The maximum Gasteiger partial charge on any atom is 0.277 e. The first-order valence-corrected chi connectivity index (χ1v) is 10.00. The second-order valence-corrected chi connectivity index (χ2v) is 8.08. The average Bonchev–Trinajstić information content (AvgIpc) is 3.06. The third kappa shape index (κ3) is 5.57. The molecule has 2 rings (SSSR count). The van der Waals surface area contributed by atoms with Crippen LogP contribution in [0.2, 0.25) is 0 Å². The molecule has 1 aromatic carbocycles. The van der Waals surface area contributed by atoms with Crippen LogP contribution >= 0.6 is 0 Å². The molecule has 142 valence electrons. The second kappa shape index (κ2) is 8.84. The summed E-state index contributed by atoms with van der Waals surface area (Å²) in [7, 11) is 3.49. The molecule has 0 radical (unpaired) electrons. The Kier molecular flexibility index (Phi) is 7.06. The number of hydrogen-bond acceptors (Lipinski definition) is 5. The van der Waals surface area contributed by atoms with E-state index in [0.29, 0.717) is 11.5 Å². The van der Waals surface area contributed by atoms with E-state index in [1.807, 2.05) is 37.2 Å². The highest BCUT2D eigenvalue weighted by Gasteiger charge is 2.23. The Morgan fingerprint density at radius 1 is 1.16 bits per heavy atom. The Balaban J connectivity index is 2.08. The number of rotatable bonds is 9. The maximum atomic E-state index is 12.3. The second-order valence-electron chi connectivity index (χ2n) is 6.54. The summed E-state index contributed by atoms with van der Waals surface area (Å²) in [4.78, 5) is 1.97. The fourth-order valence-electron chi connectivity index (χ4n) is 3.15. The van der Waals surface area contributed by atoms with Crippen LogP contribution in [0, 0.1) is 0 Å². The minimum absolute atomic E-state index is 0.0522. The molecular formula is C17H29N3O4S. The molecule has 1 saturated carbocycles. The maximum absolute atomic E-state index is 12.3. The van der Waals surface area contributed by atoms with Gasteiger partial charge in [0.1, 0.15) is 0 Å². The molecule has 0 aromatic heterocycles. The van der Waals surface area contributed by atoms with Gasteiger partial charge in [0.2, 0.25) is 0 Å². The first kappa shape index (κ1) is 20.0. The monoisotopic (exact) mass is 371 g/mol. The summed E-state index contributed by atoms with van der Waals surface area (Å²) < 4.78 is 40.6. The lowest BCUT2D eigenvalue weighted by atomic mass is 10.1. The third-order valence-corrected chi connectivity index (χ3v) is 5.75. The molecule has 1 atom stereocenters. The molecule has 1 aliphatic carbocycles. The number of hydrogen-bond donors (Lipinski definition) is 2. The molecule has 7 nitrogen and oxygen atoms in total. The van der Waals surface area contributed by atoms with E-state index in [1.165, 1.54) is 0 Å². The Labute approximate surface area is 150 Å². The van der Waals surface area contributed by atoms with Crippen LogP contribution in [0.1, 0.15) is 37.3 Å². The van der Waals surface area contributed by atoms with Crippen LogP contribution in [0.3, 0.4) is 0 Å². The van der Waals surface area contributed by atoms with Crippen molar-refractivity contribution in [3.05, 3.63) is 23.8 Å². The number of nitrogens with one attached hydrogen (secondary N) is 2. The van der Waals surface area contributed by atoms with Gasteiger partial charge in [0.05, 0.1) is 14.2 Å². The van der Waals surface area contributed by atoms with Gasteiger partial charge in [0.25, 0.3) is 10.2 Å². The molecule has 0 aliphatic heterocycles. The quantitative estimate of drug-likeness (QED) is 0.690. The topological polar surface area (TPSA) is 79.9 Å². The van der Waals surface area contributed by atoms with E-state index in [9.17, 15) is 8.42 Å². The number of likely N-dealkylation sites (N-methyl/N-ethyl adjacent to an activating group) is 1. The van der Waals surface area contributed by atoms with Crippen molar-refractivity contribution in [2.24, 2.45) is 0 Å². The number of methoxy groups -OCH3 is 2. The molecule has 1 aliphatic rings. The molecule has 1 aromatic rings. The zero-order chi connectivity index (χ0) is 18.4. The first-order chi connectivity index (χ1) is 11.9. The Hall–Kier alpha value is -1.35. The van der Waals surface area contributed by atoms with Gasteiger partial charge in [-0.15, -0.1) is 0 Å². The van der Waals surface area contributed by atoms with Gasteiger partial charge >= 0.3 is 0 Å². The van der Waals surface area contributed by atoms with Crippen LogP contribution in [0.5, 0.6) is 11.5 Å².